The van der Waals surface area contributed by atoms with Crippen molar-refractivity contribution in [1.82, 2.24) is 20.1 Å². The van der Waals surface area contributed by atoms with Crippen molar-refractivity contribution in [1.29, 1.82) is 0 Å². The largest absolute Gasteiger partial charge is 0.352 e. The fraction of sp³-hybridized carbons (Fsp3) is 0.526. The fourth-order valence-corrected chi connectivity index (χ4v) is 4.26. The summed E-state index contributed by atoms with van der Waals surface area (Å²) >= 11 is 7.38. The van der Waals surface area contributed by atoms with E-state index in [-0.39, 0.29) is 11.2 Å². The smallest absolute Gasteiger partial charge is 0.233 e. The number of nitrogens with one attached hydrogen (secondary N) is 1. The van der Waals surface area contributed by atoms with Crippen LogP contribution in [0.4, 0.5) is 0 Å². The molecule has 26 heavy (non-hydrogen) atoms. The van der Waals surface area contributed by atoms with Crippen LogP contribution in [0.1, 0.15) is 39.5 Å². The molecule has 0 aliphatic heterocycles. The molecule has 3 rings (SSSR count). The lowest BCUT2D eigenvalue weighted by atomic mass is 9.86. The van der Waals surface area contributed by atoms with Gasteiger partial charge in [0.25, 0.3) is 0 Å². The molecule has 0 unspecified atom stereocenters. The Morgan fingerprint density at radius 3 is 2.65 bits per heavy atom. The highest BCUT2D eigenvalue weighted by Crippen LogP contribution is 2.28. The van der Waals surface area contributed by atoms with Gasteiger partial charge in [-0.2, -0.15) is 0 Å². The van der Waals surface area contributed by atoms with Crippen molar-refractivity contribution in [3.8, 4) is 11.4 Å². The Morgan fingerprint density at radius 1 is 1.27 bits per heavy atom. The molecule has 1 aromatic carbocycles. The lowest BCUT2D eigenvalue weighted by Crippen LogP contribution is -2.44. The van der Waals surface area contributed by atoms with Gasteiger partial charge in [-0.3, -0.25) is 4.79 Å². The van der Waals surface area contributed by atoms with Crippen LogP contribution >= 0.6 is 23.4 Å². The second-order valence-electron chi connectivity index (χ2n) is 7.01. The van der Waals surface area contributed by atoms with Crippen molar-refractivity contribution in [3.05, 3.63) is 29.3 Å². The number of hydrogen-bond acceptors (Lipinski definition) is 4. The lowest BCUT2D eigenvalue weighted by Gasteiger charge is -2.30. The van der Waals surface area contributed by atoms with Crippen LogP contribution in [-0.2, 0) is 11.8 Å². The molecular formula is C19H25ClN4OS. The van der Waals surface area contributed by atoms with Gasteiger partial charge < -0.3 is 9.88 Å². The number of carbonyl (C=O) groups is 1. The average molecular weight is 393 g/mol. The third kappa shape index (κ3) is 4.41. The van der Waals surface area contributed by atoms with Crippen molar-refractivity contribution < 1.29 is 4.79 Å². The number of amides is 1. The summed E-state index contributed by atoms with van der Waals surface area (Å²) in [4.78, 5) is 12.6. The van der Waals surface area contributed by atoms with Gasteiger partial charge in [0.2, 0.25) is 5.91 Å². The number of rotatable bonds is 5. The van der Waals surface area contributed by atoms with Crippen molar-refractivity contribution in [3.63, 3.8) is 0 Å². The summed E-state index contributed by atoms with van der Waals surface area (Å²) in [6.45, 7) is 4.15. The molecule has 1 heterocycles. The van der Waals surface area contributed by atoms with Gasteiger partial charge in [-0.05, 0) is 49.9 Å². The Morgan fingerprint density at radius 2 is 1.96 bits per heavy atom. The van der Waals surface area contributed by atoms with Crippen LogP contribution in [0.2, 0.25) is 5.02 Å². The normalized spacial score (nSPS) is 21.4. The molecule has 0 radical (unpaired) electrons. The van der Waals surface area contributed by atoms with Gasteiger partial charge in [0.05, 0.1) is 5.25 Å². The summed E-state index contributed by atoms with van der Waals surface area (Å²) in [7, 11) is 1.92. The summed E-state index contributed by atoms with van der Waals surface area (Å²) in [6.07, 6.45) is 4.74. The number of hydrogen-bond donors (Lipinski definition) is 1. The van der Waals surface area contributed by atoms with Gasteiger partial charge in [-0.25, -0.2) is 0 Å². The van der Waals surface area contributed by atoms with Crippen LogP contribution < -0.4 is 5.32 Å². The zero-order valence-electron chi connectivity index (χ0n) is 15.4. The first-order valence-corrected chi connectivity index (χ1v) is 10.3. The number of carbonyl (C=O) groups excluding carboxylic acids is 1. The third-order valence-electron chi connectivity index (χ3n) is 5.03. The van der Waals surface area contributed by atoms with E-state index in [0.29, 0.717) is 17.0 Å². The van der Waals surface area contributed by atoms with Crippen molar-refractivity contribution in [2.45, 2.75) is 56.0 Å². The fourth-order valence-electron chi connectivity index (χ4n) is 3.31. The number of benzene rings is 1. The number of nitrogens with zero attached hydrogens (tertiary/aromatic N) is 3. The Balaban J connectivity index is 1.65. The van der Waals surface area contributed by atoms with Crippen molar-refractivity contribution in [2.75, 3.05) is 0 Å². The second-order valence-corrected chi connectivity index (χ2v) is 8.75. The zero-order valence-corrected chi connectivity index (χ0v) is 17.0. The quantitative estimate of drug-likeness (QED) is 0.770. The molecule has 1 saturated carbocycles. The molecule has 3 atom stereocenters. The molecule has 0 saturated heterocycles. The average Bonchev–Trinajstić information content (AvgIpc) is 2.98. The molecule has 5 nitrogen and oxygen atoms in total. The van der Waals surface area contributed by atoms with E-state index in [2.05, 4.69) is 22.4 Å². The van der Waals surface area contributed by atoms with E-state index in [1.807, 2.05) is 42.8 Å². The Labute approximate surface area is 163 Å². The van der Waals surface area contributed by atoms with Gasteiger partial charge in [0.15, 0.2) is 11.0 Å². The molecule has 1 amide bonds. The van der Waals surface area contributed by atoms with Crippen LogP contribution in [0.3, 0.4) is 0 Å². The van der Waals surface area contributed by atoms with Gasteiger partial charge >= 0.3 is 0 Å². The summed E-state index contributed by atoms with van der Waals surface area (Å²) in [6, 6.07) is 7.80. The highest BCUT2D eigenvalue weighted by molar-refractivity contribution is 8.00. The second kappa shape index (κ2) is 8.44. The van der Waals surface area contributed by atoms with Crippen molar-refractivity contribution >= 4 is 29.3 Å². The van der Waals surface area contributed by atoms with E-state index >= 15 is 0 Å². The van der Waals surface area contributed by atoms with Crippen LogP contribution in [0.25, 0.3) is 11.4 Å². The number of aromatic nitrogens is 3. The summed E-state index contributed by atoms with van der Waals surface area (Å²) in [5.41, 5.74) is 0.949. The first-order chi connectivity index (χ1) is 12.5. The number of thioether (sulfide) groups is 1. The van der Waals surface area contributed by atoms with E-state index in [1.54, 1.807) is 0 Å². The summed E-state index contributed by atoms with van der Waals surface area (Å²) in [5, 5.41) is 13.0. The highest BCUT2D eigenvalue weighted by atomic mass is 35.5. The molecule has 1 N–H and O–H groups in total. The van der Waals surface area contributed by atoms with Crippen molar-refractivity contribution in [2.24, 2.45) is 13.0 Å². The molecule has 140 valence electrons. The lowest BCUT2D eigenvalue weighted by molar-refractivity contribution is -0.121. The van der Waals surface area contributed by atoms with E-state index in [1.165, 1.54) is 31.0 Å². The highest BCUT2D eigenvalue weighted by Gasteiger charge is 2.26. The van der Waals surface area contributed by atoms with Gasteiger partial charge in [-0.1, -0.05) is 43.1 Å². The Kier molecular flexibility index (Phi) is 6.24. The predicted molar refractivity (Wildman–Crippen MR) is 106 cm³/mol. The molecule has 1 aliphatic rings. The minimum absolute atomic E-state index is 0.0739. The van der Waals surface area contributed by atoms with Crippen LogP contribution in [0.15, 0.2) is 29.4 Å². The van der Waals surface area contributed by atoms with Crippen LogP contribution in [-0.4, -0.2) is 32.0 Å². The first kappa shape index (κ1) is 19.2. The summed E-state index contributed by atoms with van der Waals surface area (Å²) in [5.74, 6) is 1.39. The molecule has 1 fully saturated rings. The first-order valence-electron chi connectivity index (χ1n) is 9.08. The topological polar surface area (TPSA) is 59.8 Å². The zero-order chi connectivity index (χ0) is 18.7. The SMILES string of the molecule is C[C@H](Sc1nnc(-c2ccc(Cl)cc2)n1C)C(=O)N[C@@H]1CCCC[C@@H]1C. The maximum absolute atomic E-state index is 12.6. The molecule has 7 heteroatoms. The Hall–Kier alpha value is -1.53. The van der Waals surface area contributed by atoms with Gasteiger partial charge in [0.1, 0.15) is 0 Å². The van der Waals surface area contributed by atoms with Crippen LogP contribution in [0.5, 0.6) is 0 Å². The van der Waals surface area contributed by atoms with E-state index < -0.39 is 0 Å². The molecule has 0 spiro atoms. The maximum Gasteiger partial charge on any atom is 0.233 e. The standard InChI is InChI=1S/C19H25ClN4OS/c1-12-6-4-5-7-16(12)21-18(25)13(2)26-19-23-22-17(24(19)3)14-8-10-15(20)11-9-14/h8-13,16H,4-7H2,1-3H3,(H,21,25)/t12-,13-,16+/m0/s1. The predicted octanol–water partition coefficient (Wildman–Crippen LogP) is 4.31. The summed E-state index contributed by atoms with van der Waals surface area (Å²) < 4.78 is 1.92. The molecule has 0 bridgehead atoms. The molecule has 2 aromatic rings. The third-order valence-corrected chi connectivity index (χ3v) is 6.41. The van der Waals surface area contributed by atoms with Gasteiger partial charge in [-0.15, -0.1) is 10.2 Å². The monoisotopic (exact) mass is 392 g/mol. The van der Waals surface area contributed by atoms with E-state index in [4.69, 9.17) is 11.6 Å². The molecule has 1 aliphatic carbocycles. The minimum atomic E-state index is -0.218. The molecular weight excluding hydrogens is 368 g/mol. The number of halogens is 1. The van der Waals surface area contributed by atoms with E-state index in [9.17, 15) is 4.79 Å². The van der Waals surface area contributed by atoms with Crippen LogP contribution in [0, 0.1) is 5.92 Å². The molecule has 1 aromatic heterocycles. The van der Waals surface area contributed by atoms with Gasteiger partial charge in [0, 0.05) is 23.7 Å². The minimum Gasteiger partial charge on any atom is -0.352 e. The van der Waals surface area contributed by atoms with E-state index in [0.717, 1.165) is 23.0 Å². The maximum atomic E-state index is 12.6. The Bertz CT molecular complexity index is 761.